The van der Waals surface area contributed by atoms with E-state index < -0.39 is 12.0 Å². The van der Waals surface area contributed by atoms with Gasteiger partial charge in [0.25, 0.3) is 0 Å². The van der Waals surface area contributed by atoms with Crippen molar-refractivity contribution >= 4 is 16.6 Å². The SMILES string of the molecule is CN(c1cnc(-c2ccc3c(F)cncc3c2O)cn1)[C@H]1CC2CCC(N2)[C@H]1F. The third kappa shape index (κ3) is 2.98. The summed E-state index contributed by atoms with van der Waals surface area (Å²) < 4.78 is 28.7. The first-order valence-corrected chi connectivity index (χ1v) is 9.73. The molecule has 3 aromatic rings. The van der Waals surface area contributed by atoms with Gasteiger partial charge in [0.1, 0.15) is 23.6 Å². The van der Waals surface area contributed by atoms with E-state index in [2.05, 4.69) is 20.3 Å². The van der Waals surface area contributed by atoms with Crippen molar-refractivity contribution < 1.29 is 13.9 Å². The van der Waals surface area contributed by atoms with Crippen LogP contribution < -0.4 is 10.2 Å². The number of phenols is 1. The Hall–Kier alpha value is -2.87. The van der Waals surface area contributed by atoms with Crippen molar-refractivity contribution in [2.24, 2.45) is 0 Å². The lowest BCUT2D eigenvalue weighted by molar-refractivity contribution is 0.176. The predicted octanol–water partition coefficient (Wildman–Crippen LogP) is 3.20. The van der Waals surface area contributed by atoms with Crippen molar-refractivity contribution in [3.05, 3.63) is 42.7 Å². The van der Waals surface area contributed by atoms with Crippen molar-refractivity contribution in [1.82, 2.24) is 20.3 Å². The Labute approximate surface area is 166 Å². The van der Waals surface area contributed by atoms with Gasteiger partial charge in [-0.15, -0.1) is 0 Å². The predicted molar refractivity (Wildman–Crippen MR) is 106 cm³/mol. The zero-order valence-corrected chi connectivity index (χ0v) is 15.9. The van der Waals surface area contributed by atoms with E-state index in [0.29, 0.717) is 33.9 Å². The molecule has 2 aromatic heterocycles. The van der Waals surface area contributed by atoms with Crippen molar-refractivity contribution in [1.29, 1.82) is 0 Å². The van der Waals surface area contributed by atoms with Crippen molar-refractivity contribution in [3.8, 4) is 17.0 Å². The first kappa shape index (κ1) is 18.2. The van der Waals surface area contributed by atoms with Crippen LogP contribution >= 0.6 is 0 Å². The third-order valence-electron chi connectivity index (χ3n) is 6.19. The minimum Gasteiger partial charge on any atom is -0.507 e. The molecule has 0 amide bonds. The number of pyridine rings is 1. The number of hydrogen-bond donors (Lipinski definition) is 2. The second kappa shape index (κ2) is 6.88. The monoisotopic (exact) mass is 397 g/mol. The minimum absolute atomic E-state index is 0.0861. The number of halogens is 2. The normalized spacial score (nSPS) is 26.0. The molecule has 8 heteroatoms. The molecule has 4 atom stereocenters. The van der Waals surface area contributed by atoms with Gasteiger partial charge in [-0.25, -0.2) is 13.8 Å². The maximum atomic E-state index is 14.8. The van der Waals surface area contributed by atoms with Gasteiger partial charge < -0.3 is 15.3 Å². The van der Waals surface area contributed by atoms with Crippen molar-refractivity contribution in [3.63, 3.8) is 0 Å². The van der Waals surface area contributed by atoms with Crippen LogP contribution in [0.15, 0.2) is 36.9 Å². The molecule has 0 radical (unpaired) electrons. The number of hydrogen-bond acceptors (Lipinski definition) is 6. The summed E-state index contributed by atoms with van der Waals surface area (Å²) in [7, 11) is 1.84. The Balaban J connectivity index is 1.43. The summed E-state index contributed by atoms with van der Waals surface area (Å²) in [6.45, 7) is 0. The van der Waals surface area contributed by atoms with Crippen LogP contribution in [0.3, 0.4) is 0 Å². The maximum Gasteiger partial charge on any atom is 0.149 e. The van der Waals surface area contributed by atoms with Crippen LogP contribution in [0.1, 0.15) is 19.3 Å². The molecular weight excluding hydrogens is 376 g/mol. The van der Waals surface area contributed by atoms with Crippen LogP contribution in [0.5, 0.6) is 5.75 Å². The number of benzene rings is 1. The summed E-state index contributed by atoms with van der Waals surface area (Å²) in [4.78, 5) is 14.5. The molecular formula is C21H21F2N5O. The van der Waals surface area contributed by atoms with E-state index in [1.54, 1.807) is 24.5 Å². The van der Waals surface area contributed by atoms with Gasteiger partial charge in [-0.1, -0.05) is 6.07 Å². The van der Waals surface area contributed by atoms with E-state index >= 15 is 0 Å². The molecule has 2 unspecified atom stereocenters. The summed E-state index contributed by atoms with van der Waals surface area (Å²) in [5, 5.41) is 14.5. The number of rotatable bonds is 3. The number of alkyl halides is 1. The lowest BCUT2D eigenvalue weighted by atomic mass is 9.96. The lowest BCUT2D eigenvalue weighted by Crippen LogP contribution is -2.55. The van der Waals surface area contributed by atoms with E-state index in [-0.39, 0.29) is 17.8 Å². The maximum absolute atomic E-state index is 14.8. The first-order chi connectivity index (χ1) is 14.0. The highest BCUT2D eigenvalue weighted by Crippen LogP contribution is 2.36. The summed E-state index contributed by atoms with van der Waals surface area (Å²) in [6.07, 6.45) is 7.32. The van der Waals surface area contributed by atoms with E-state index in [0.717, 1.165) is 25.5 Å². The Kier molecular flexibility index (Phi) is 4.31. The number of nitrogens with one attached hydrogen (secondary N) is 1. The molecule has 0 saturated carbocycles. The highest BCUT2D eigenvalue weighted by atomic mass is 19.1. The van der Waals surface area contributed by atoms with Gasteiger partial charge in [-0.2, -0.15) is 0 Å². The van der Waals surface area contributed by atoms with Crippen LogP contribution in [-0.2, 0) is 0 Å². The molecule has 0 spiro atoms. The lowest BCUT2D eigenvalue weighted by Gasteiger charge is -2.38. The van der Waals surface area contributed by atoms with Crippen LogP contribution in [0.2, 0.25) is 0 Å². The second-order valence-electron chi connectivity index (χ2n) is 7.84. The fourth-order valence-electron chi connectivity index (χ4n) is 4.56. The number of anilines is 1. The van der Waals surface area contributed by atoms with Gasteiger partial charge in [-0.3, -0.25) is 9.97 Å². The highest BCUT2D eigenvalue weighted by molar-refractivity contribution is 5.93. The quantitative estimate of drug-likeness (QED) is 0.707. The van der Waals surface area contributed by atoms with Gasteiger partial charge in [0.2, 0.25) is 0 Å². The molecule has 2 N–H and O–H groups in total. The summed E-state index contributed by atoms with van der Waals surface area (Å²) >= 11 is 0. The van der Waals surface area contributed by atoms with Crippen LogP contribution in [-0.4, -0.2) is 51.4 Å². The van der Waals surface area contributed by atoms with Gasteiger partial charge >= 0.3 is 0 Å². The molecule has 4 heterocycles. The molecule has 2 bridgehead atoms. The number of aromatic nitrogens is 3. The Morgan fingerprint density at radius 3 is 2.76 bits per heavy atom. The molecule has 2 aliphatic heterocycles. The summed E-state index contributed by atoms with van der Waals surface area (Å²) in [6, 6.07) is 3.22. The largest absolute Gasteiger partial charge is 0.507 e. The number of fused-ring (bicyclic) bond motifs is 3. The minimum atomic E-state index is -0.952. The first-order valence-electron chi connectivity index (χ1n) is 9.73. The summed E-state index contributed by atoms with van der Waals surface area (Å²) in [5.41, 5.74) is 0.892. The fraction of sp³-hybridized carbons (Fsp3) is 0.381. The van der Waals surface area contributed by atoms with Gasteiger partial charge in [-0.05, 0) is 25.3 Å². The third-order valence-corrected chi connectivity index (χ3v) is 6.19. The number of nitrogens with zero attached hydrogens (tertiary/aromatic N) is 4. The van der Waals surface area contributed by atoms with Crippen LogP contribution in [0.25, 0.3) is 22.0 Å². The number of aromatic hydroxyl groups is 1. The Morgan fingerprint density at radius 1 is 1.10 bits per heavy atom. The van der Waals surface area contributed by atoms with Gasteiger partial charge in [0.05, 0.1) is 30.3 Å². The molecule has 2 aliphatic rings. The van der Waals surface area contributed by atoms with E-state index in [9.17, 15) is 13.9 Å². The molecule has 29 heavy (non-hydrogen) atoms. The zero-order chi connectivity index (χ0) is 20.1. The zero-order valence-electron chi connectivity index (χ0n) is 15.9. The molecule has 0 aliphatic carbocycles. The van der Waals surface area contributed by atoms with Gasteiger partial charge in [0.15, 0.2) is 0 Å². The average molecular weight is 397 g/mol. The van der Waals surface area contributed by atoms with Crippen LogP contribution in [0.4, 0.5) is 14.6 Å². The number of phenolic OH excluding ortho intramolecular Hbond substituents is 1. The smallest absolute Gasteiger partial charge is 0.149 e. The standard InChI is InChI=1S/C21H21F2N5O/c1-28(18-6-11-2-5-16(27-11)20(18)23)19-10-25-17(9-26-19)13-4-3-12-14(21(13)29)7-24-8-15(12)22/h3-4,7-11,16,18,20,27,29H,2,5-6H2,1H3/t11?,16?,18-,20+/m0/s1. The average Bonchev–Trinajstić information content (AvgIpc) is 3.15. The molecule has 2 saturated heterocycles. The summed E-state index contributed by atoms with van der Waals surface area (Å²) in [5.74, 6) is -0.0107. The van der Waals surface area contributed by atoms with E-state index in [1.807, 2.05) is 11.9 Å². The van der Waals surface area contributed by atoms with Crippen molar-refractivity contribution in [2.75, 3.05) is 11.9 Å². The number of piperidine rings is 1. The van der Waals surface area contributed by atoms with E-state index in [4.69, 9.17) is 0 Å². The van der Waals surface area contributed by atoms with Crippen LogP contribution in [0, 0.1) is 5.82 Å². The van der Waals surface area contributed by atoms with Crippen molar-refractivity contribution in [2.45, 2.75) is 43.6 Å². The molecule has 5 rings (SSSR count). The topological polar surface area (TPSA) is 74.2 Å². The molecule has 1 aromatic carbocycles. The second-order valence-corrected chi connectivity index (χ2v) is 7.84. The fourth-order valence-corrected chi connectivity index (χ4v) is 4.56. The highest BCUT2D eigenvalue weighted by Gasteiger charge is 2.43. The van der Waals surface area contributed by atoms with E-state index in [1.165, 1.54) is 6.20 Å². The molecule has 150 valence electrons. The Morgan fingerprint density at radius 2 is 1.97 bits per heavy atom. The van der Waals surface area contributed by atoms with Gasteiger partial charge in [0, 0.05) is 41.7 Å². The molecule has 2 fully saturated rings. The molecule has 6 nitrogen and oxygen atoms in total. The Bertz CT molecular complexity index is 1060.